The van der Waals surface area contributed by atoms with E-state index in [4.69, 9.17) is 10.00 Å². The van der Waals surface area contributed by atoms with Crippen molar-refractivity contribution >= 4 is 28.3 Å². The Labute approximate surface area is 235 Å². The average molecular weight is 542 g/mol. The molecule has 1 saturated carbocycles. The van der Waals surface area contributed by atoms with Gasteiger partial charge in [-0.1, -0.05) is 37.8 Å². The molecule has 0 radical (unpaired) electrons. The van der Waals surface area contributed by atoms with Crippen molar-refractivity contribution in [1.82, 2.24) is 0 Å². The summed E-state index contributed by atoms with van der Waals surface area (Å²) in [6, 6.07) is 14.3. The number of amides is 2. The van der Waals surface area contributed by atoms with Crippen molar-refractivity contribution < 1.29 is 24.5 Å². The number of carbonyl (C=O) groups is 2. The number of nitriles is 2. The zero-order valence-electron chi connectivity index (χ0n) is 23.3. The van der Waals surface area contributed by atoms with Gasteiger partial charge in [0.25, 0.3) is 0 Å². The lowest BCUT2D eigenvalue weighted by molar-refractivity contribution is -0.169. The molecule has 2 amide bonds. The minimum atomic E-state index is -1.78. The maximum Gasteiger partial charge on any atom is 0.239 e. The molecule has 8 heteroatoms. The van der Waals surface area contributed by atoms with Crippen LogP contribution >= 0.6 is 0 Å². The van der Waals surface area contributed by atoms with Gasteiger partial charge in [-0.2, -0.15) is 10.5 Å². The molecule has 1 fully saturated rings. The molecule has 0 saturated heterocycles. The topological polar surface area (TPSA) is 135 Å². The maximum atomic E-state index is 14.1. The molecule has 1 aliphatic rings. The lowest BCUT2D eigenvalue weighted by atomic mass is 9.61. The number of aliphatic hydroxyl groups excluding tert-OH is 1. The van der Waals surface area contributed by atoms with Crippen molar-refractivity contribution in [3.63, 3.8) is 0 Å². The summed E-state index contributed by atoms with van der Waals surface area (Å²) in [5.41, 5.74) is -1.14. The van der Waals surface area contributed by atoms with Crippen molar-refractivity contribution in [1.29, 1.82) is 10.5 Å². The second kappa shape index (κ2) is 12.3. The Balaban J connectivity index is 1.92. The molecule has 0 aliphatic heterocycles. The van der Waals surface area contributed by atoms with Crippen LogP contribution in [0.15, 0.2) is 72.5 Å². The molecule has 0 bridgehead atoms. The summed E-state index contributed by atoms with van der Waals surface area (Å²) in [6.07, 6.45) is 4.47. The molecule has 0 aromatic heterocycles. The van der Waals surface area contributed by atoms with Gasteiger partial charge in [-0.3, -0.25) is 9.59 Å². The molecule has 0 spiro atoms. The van der Waals surface area contributed by atoms with E-state index in [0.29, 0.717) is 39.8 Å². The highest BCUT2D eigenvalue weighted by molar-refractivity contribution is 6.19. The Morgan fingerprint density at radius 1 is 1.12 bits per heavy atom. The van der Waals surface area contributed by atoms with E-state index in [1.165, 1.54) is 19.9 Å². The molecule has 4 unspecified atom stereocenters. The SMILES string of the molecule is C=C/C(=C\C=C(/C)C#N)OCCC1(C)CC(O)C(C)(O)C(C(=O)N(C(C)=O)c2ccc(C#N)c3ccccc23)C1. The quantitative estimate of drug-likeness (QED) is 0.271. The van der Waals surface area contributed by atoms with Gasteiger partial charge in [0, 0.05) is 23.3 Å². The van der Waals surface area contributed by atoms with Crippen LogP contribution in [0.3, 0.4) is 0 Å². The fraction of sp³-hybridized carbons (Fsp3) is 0.375. The van der Waals surface area contributed by atoms with Gasteiger partial charge >= 0.3 is 0 Å². The first-order chi connectivity index (χ1) is 18.9. The highest BCUT2D eigenvalue weighted by Crippen LogP contribution is 2.48. The van der Waals surface area contributed by atoms with Crippen LogP contribution in [-0.4, -0.2) is 40.3 Å². The maximum absolute atomic E-state index is 14.1. The predicted molar refractivity (Wildman–Crippen MR) is 153 cm³/mol. The number of allylic oxidation sites excluding steroid dienone is 4. The summed E-state index contributed by atoms with van der Waals surface area (Å²) in [5, 5.41) is 42.0. The van der Waals surface area contributed by atoms with Gasteiger partial charge in [0.05, 0.1) is 47.6 Å². The Hall–Kier alpha value is -4.24. The second-order valence-corrected chi connectivity index (χ2v) is 10.8. The zero-order chi connectivity index (χ0) is 29.7. The van der Waals surface area contributed by atoms with E-state index >= 15 is 0 Å². The van der Waals surface area contributed by atoms with Gasteiger partial charge in [-0.15, -0.1) is 0 Å². The number of ether oxygens (including phenoxy) is 1. The van der Waals surface area contributed by atoms with Gasteiger partial charge in [0.2, 0.25) is 11.8 Å². The number of anilines is 1. The van der Waals surface area contributed by atoms with Crippen LogP contribution in [0.1, 0.15) is 52.5 Å². The molecule has 4 atom stereocenters. The van der Waals surface area contributed by atoms with E-state index < -0.39 is 34.9 Å². The summed E-state index contributed by atoms with van der Waals surface area (Å²) in [5.74, 6) is -1.77. The van der Waals surface area contributed by atoms with Gasteiger partial charge in [0.15, 0.2) is 0 Å². The van der Waals surface area contributed by atoms with E-state index in [1.54, 1.807) is 55.5 Å². The number of benzene rings is 2. The second-order valence-electron chi connectivity index (χ2n) is 10.8. The molecular formula is C32H35N3O5. The summed E-state index contributed by atoms with van der Waals surface area (Å²) in [4.78, 5) is 28.0. The van der Waals surface area contributed by atoms with E-state index in [2.05, 4.69) is 12.6 Å². The van der Waals surface area contributed by atoms with Gasteiger partial charge in [-0.05, 0) is 68.9 Å². The van der Waals surface area contributed by atoms with Crippen LogP contribution in [0.5, 0.6) is 0 Å². The molecule has 3 rings (SSSR count). The third-order valence-corrected chi connectivity index (χ3v) is 7.71. The number of carbonyl (C=O) groups excluding carboxylic acids is 2. The van der Waals surface area contributed by atoms with E-state index in [0.717, 1.165) is 4.90 Å². The van der Waals surface area contributed by atoms with Crippen molar-refractivity contribution in [2.45, 2.75) is 58.7 Å². The van der Waals surface area contributed by atoms with Crippen molar-refractivity contribution in [2.75, 3.05) is 11.5 Å². The first-order valence-corrected chi connectivity index (χ1v) is 13.1. The van der Waals surface area contributed by atoms with Crippen molar-refractivity contribution in [3.05, 3.63) is 78.1 Å². The fourth-order valence-corrected chi connectivity index (χ4v) is 5.24. The molecule has 40 heavy (non-hydrogen) atoms. The number of aliphatic hydroxyl groups is 2. The number of imide groups is 1. The van der Waals surface area contributed by atoms with Crippen LogP contribution in [0, 0.1) is 34.0 Å². The lowest BCUT2D eigenvalue weighted by Crippen LogP contribution is -2.59. The highest BCUT2D eigenvalue weighted by atomic mass is 16.5. The fourth-order valence-electron chi connectivity index (χ4n) is 5.24. The zero-order valence-corrected chi connectivity index (χ0v) is 23.3. The number of nitrogens with zero attached hydrogens (tertiary/aromatic N) is 3. The normalized spacial score (nSPS) is 25.0. The monoisotopic (exact) mass is 541 g/mol. The third kappa shape index (κ3) is 6.31. The number of rotatable bonds is 8. The molecule has 8 nitrogen and oxygen atoms in total. The average Bonchev–Trinajstić information content (AvgIpc) is 2.92. The van der Waals surface area contributed by atoms with Crippen LogP contribution in [0.4, 0.5) is 5.69 Å². The van der Waals surface area contributed by atoms with Gasteiger partial charge in [0.1, 0.15) is 5.76 Å². The molecule has 208 valence electrons. The summed E-state index contributed by atoms with van der Waals surface area (Å²) in [7, 11) is 0. The molecule has 2 aromatic rings. The van der Waals surface area contributed by atoms with Gasteiger partial charge < -0.3 is 14.9 Å². The standard InChI is InChI=1S/C32H35N3O5/c1-6-24(13-11-21(2)19-33)40-16-15-31(4)17-27(32(5,39)29(37)18-31)30(38)35(22(3)36)28-14-12-23(20-34)25-9-7-8-10-26(25)28/h6-14,27,29,37,39H,1,15-18H2,2-5H3/b21-11+,24-13+. The lowest BCUT2D eigenvalue weighted by Gasteiger charge is -2.49. The van der Waals surface area contributed by atoms with Crippen molar-refractivity contribution in [3.8, 4) is 12.1 Å². The Bertz CT molecular complexity index is 1460. The first-order valence-electron chi connectivity index (χ1n) is 13.1. The number of hydrogen-bond acceptors (Lipinski definition) is 7. The Kier molecular flexibility index (Phi) is 9.32. The molecular weight excluding hydrogens is 506 g/mol. The predicted octanol–water partition coefficient (Wildman–Crippen LogP) is 5.07. The van der Waals surface area contributed by atoms with Crippen LogP contribution in [0.25, 0.3) is 10.8 Å². The first kappa shape index (κ1) is 30.3. The summed E-state index contributed by atoms with van der Waals surface area (Å²) >= 11 is 0. The Morgan fingerprint density at radius 3 is 2.40 bits per heavy atom. The molecule has 2 N–H and O–H groups in total. The Morgan fingerprint density at radius 2 is 1.80 bits per heavy atom. The molecule has 2 aromatic carbocycles. The van der Waals surface area contributed by atoms with Crippen LogP contribution in [0.2, 0.25) is 0 Å². The number of fused-ring (bicyclic) bond motifs is 1. The molecule has 1 aliphatic carbocycles. The summed E-state index contributed by atoms with van der Waals surface area (Å²) in [6.45, 7) is 10.3. The molecule has 0 heterocycles. The number of hydrogen-bond donors (Lipinski definition) is 2. The van der Waals surface area contributed by atoms with Crippen LogP contribution < -0.4 is 4.90 Å². The van der Waals surface area contributed by atoms with E-state index in [1.807, 2.05) is 13.0 Å². The van der Waals surface area contributed by atoms with Crippen LogP contribution in [-0.2, 0) is 14.3 Å². The minimum absolute atomic E-state index is 0.206. The van der Waals surface area contributed by atoms with Gasteiger partial charge in [-0.25, -0.2) is 4.90 Å². The highest BCUT2D eigenvalue weighted by Gasteiger charge is 2.54. The van der Waals surface area contributed by atoms with Crippen molar-refractivity contribution in [2.24, 2.45) is 11.3 Å². The van der Waals surface area contributed by atoms with E-state index in [-0.39, 0.29) is 19.4 Å². The smallest absolute Gasteiger partial charge is 0.239 e. The largest absolute Gasteiger partial charge is 0.494 e. The van der Waals surface area contributed by atoms with E-state index in [9.17, 15) is 25.1 Å². The third-order valence-electron chi connectivity index (χ3n) is 7.71. The minimum Gasteiger partial charge on any atom is -0.494 e. The summed E-state index contributed by atoms with van der Waals surface area (Å²) < 4.78 is 5.83.